The predicted molar refractivity (Wildman–Crippen MR) is 204 cm³/mol. The van der Waals surface area contributed by atoms with Gasteiger partial charge < -0.3 is 19.8 Å². The molecule has 4 aliphatic rings. The molecule has 0 bridgehead atoms. The standard InChI is InChI=1S/C41H41N9O6/c1-4-28-36-37(42-2)45-22-48(36)30-21-44-33(46-38(30)49(28)25-9-5-6-10-25)20-24-15-14-23(19-32(24)56-3)31(51)13-8-18-43-27-12-7-11-26-35(27)41(55)50(40(26)54)29-16-17-34(52)47-39(29)53/h7,11-12,14-15,19,21-22,25,28-29,43H,4-6,8-10,13,16-18,20H2,1,3H3,(H,47,52,53)/t28-,29?/m1/s1. The number of carbonyl (C=O) groups is 5. The highest BCUT2D eigenvalue weighted by atomic mass is 16.5. The molecule has 4 amide bonds. The lowest BCUT2D eigenvalue weighted by Gasteiger charge is -2.42. The molecule has 3 aliphatic heterocycles. The first-order valence-corrected chi connectivity index (χ1v) is 19.1. The Hall–Kier alpha value is -6.43. The summed E-state index contributed by atoms with van der Waals surface area (Å²) >= 11 is 0. The molecule has 1 aliphatic carbocycles. The van der Waals surface area contributed by atoms with Gasteiger partial charge in [0.1, 0.15) is 23.3 Å². The van der Waals surface area contributed by atoms with Crippen molar-refractivity contribution in [2.24, 2.45) is 0 Å². The fourth-order valence-corrected chi connectivity index (χ4v) is 8.58. The molecule has 2 aromatic carbocycles. The van der Waals surface area contributed by atoms with E-state index in [1.54, 1.807) is 43.8 Å². The van der Waals surface area contributed by atoms with E-state index in [2.05, 4.69) is 32.3 Å². The number of nitrogens with one attached hydrogen (secondary N) is 2. The fourth-order valence-electron chi connectivity index (χ4n) is 8.58. The van der Waals surface area contributed by atoms with Gasteiger partial charge in [0.25, 0.3) is 17.6 Å². The number of Topliss-reactive ketones (excluding diaryl/α,β-unsaturated/α-hetero) is 1. The topological polar surface area (TPSA) is 173 Å². The SMILES string of the molecule is [C-]#[N+]c1ncn2c1[C@@H](CC)N(C1CCCC1)c1nc(Cc3ccc(C(=O)CCCNc4cccc5c4C(=O)N(C4CCC(=O)NC4=O)C5=O)cc3OC)ncc1-2. The molecule has 15 nitrogen and oxygen atoms in total. The Kier molecular flexibility index (Phi) is 9.79. The number of anilines is 2. The molecule has 1 unspecified atom stereocenters. The van der Waals surface area contributed by atoms with Gasteiger partial charge in [0.2, 0.25) is 11.8 Å². The lowest BCUT2D eigenvalue weighted by Crippen LogP contribution is -2.54. The second-order valence-corrected chi connectivity index (χ2v) is 14.5. The average molecular weight is 756 g/mol. The van der Waals surface area contributed by atoms with Gasteiger partial charge in [-0.2, -0.15) is 0 Å². The summed E-state index contributed by atoms with van der Waals surface area (Å²) in [4.78, 5) is 85.4. The van der Waals surface area contributed by atoms with Crippen molar-refractivity contribution in [2.45, 2.75) is 89.3 Å². The Balaban J connectivity index is 0.937. The van der Waals surface area contributed by atoms with Crippen molar-refractivity contribution in [3.8, 4) is 11.4 Å². The first-order chi connectivity index (χ1) is 27.2. The van der Waals surface area contributed by atoms with Gasteiger partial charge in [-0.3, -0.25) is 38.8 Å². The number of ketones is 1. The van der Waals surface area contributed by atoms with E-state index in [4.69, 9.17) is 21.3 Å². The number of rotatable bonds is 12. The first kappa shape index (κ1) is 36.5. The van der Waals surface area contributed by atoms with Crippen LogP contribution in [0.3, 0.4) is 0 Å². The number of ether oxygens (including phenoxy) is 1. The van der Waals surface area contributed by atoms with Gasteiger partial charge in [-0.15, -0.1) is 4.98 Å². The third kappa shape index (κ3) is 6.34. The van der Waals surface area contributed by atoms with Crippen molar-refractivity contribution in [3.05, 3.63) is 94.1 Å². The minimum absolute atomic E-state index is 0.0227. The summed E-state index contributed by atoms with van der Waals surface area (Å²) in [6.45, 7) is 10.2. The van der Waals surface area contributed by atoms with Crippen LogP contribution in [0.4, 0.5) is 17.3 Å². The predicted octanol–water partition coefficient (Wildman–Crippen LogP) is 5.50. The minimum atomic E-state index is -1.05. The van der Waals surface area contributed by atoms with Crippen molar-refractivity contribution < 1.29 is 28.7 Å². The third-order valence-electron chi connectivity index (χ3n) is 11.3. The van der Waals surface area contributed by atoms with E-state index in [1.165, 1.54) is 0 Å². The van der Waals surface area contributed by atoms with Gasteiger partial charge in [-0.25, -0.2) is 9.97 Å². The maximum Gasteiger partial charge on any atom is 0.293 e. The number of carbonyl (C=O) groups excluding carboxylic acids is 5. The number of benzene rings is 2. The van der Waals surface area contributed by atoms with Crippen LogP contribution in [0.15, 0.2) is 48.9 Å². The number of hydrogen-bond donors (Lipinski definition) is 2. The number of nitrogens with zero attached hydrogens (tertiary/aromatic N) is 7. The van der Waals surface area contributed by atoms with Crippen LogP contribution in [0.2, 0.25) is 0 Å². The second kappa shape index (κ2) is 15.0. The normalized spacial score (nSPS) is 19.0. The maximum atomic E-state index is 13.4. The molecule has 1 saturated heterocycles. The van der Waals surface area contributed by atoms with Gasteiger partial charge in [-0.1, -0.05) is 44.5 Å². The molecule has 5 heterocycles. The lowest BCUT2D eigenvalue weighted by molar-refractivity contribution is -0.136. The quantitative estimate of drug-likeness (QED) is 0.0809. The molecule has 56 heavy (non-hydrogen) atoms. The van der Waals surface area contributed by atoms with E-state index in [0.717, 1.165) is 59.8 Å². The summed E-state index contributed by atoms with van der Waals surface area (Å²) in [6.07, 6.45) is 9.93. The fraction of sp³-hybridized carbons (Fsp3) is 0.390. The molecule has 0 spiro atoms. The third-order valence-corrected chi connectivity index (χ3v) is 11.3. The summed E-state index contributed by atoms with van der Waals surface area (Å²) in [5, 5.41) is 5.40. The summed E-state index contributed by atoms with van der Waals surface area (Å²) in [5.41, 5.74) is 3.85. The van der Waals surface area contributed by atoms with Gasteiger partial charge >= 0.3 is 0 Å². The number of imidazole rings is 1. The molecular weight excluding hydrogens is 715 g/mol. The molecular formula is C41H41N9O6. The maximum absolute atomic E-state index is 13.4. The zero-order valence-electron chi connectivity index (χ0n) is 31.2. The number of fused-ring (bicyclic) bond motifs is 4. The van der Waals surface area contributed by atoms with Crippen LogP contribution in [-0.4, -0.2) is 79.6 Å². The number of methoxy groups -OCH3 is 1. The van der Waals surface area contributed by atoms with E-state index in [0.29, 0.717) is 54.1 Å². The highest BCUT2D eigenvalue weighted by molar-refractivity contribution is 6.25. The van der Waals surface area contributed by atoms with Crippen LogP contribution in [0.1, 0.15) is 119 Å². The second-order valence-electron chi connectivity index (χ2n) is 14.5. The van der Waals surface area contributed by atoms with Gasteiger partial charge in [-0.05, 0) is 50.3 Å². The van der Waals surface area contributed by atoms with Gasteiger partial charge in [0.15, 0.2) is 17.9 Å². The Morgan fingerprint density at radius 3 is 2.64 bits per heavy atom. The minimum Gasteiger partial charge on any atom is -0.496 e. The molecule has 1 saturated carbocycles. The van der Waals surface area contributed by atoms with Gasteiger partial charge in [0.05, 0.1) is 36.2 Å². The van der Waals surface area contributed by atoms with Crippen molar-refractivity contribution in [1.29, 1.82) is 0 Å². The van der Waals surface area contributed by atoms with Crippen LogP contribution >= 0.6 is 0 Å². The molecule has 2 N–H and O–H groups in total. The lowest BCUT2D eigenvalue weighted by atomic mass is 10.0. The van der Waals surface area contributed by atoms with Crippen molar-refractivity contribution in [3.63, 3.8) is 0 Å². The van der Waals surface area contributed by atoms with Crippen LogP contribution < -0.4 is 20.3 Å². The van der Waals surface area contributed by atoms with Crippen molar-refractivity contribution in [1.82, 2.24) is 29.7 Å². The molecule has 8 rings (SSSR count). The summed E-state index contributed by atoms with van der Waals surface area (Å²) in [7, 11) is 1.57. The van der Waals surface area contributed by atoms with Crippen molar-refractivity contribution >= 4 is 46.7 Å². The highest BCUT2D eigenvalue weighted by Gasteiger charge is 2.46. The van der Waals surface area contributed by atoms with Crippen LogP contribution in [0.5, 0.6) is 5.75 Å². The number of aromatic nitrogens is 4. The average Bonchev–Trinajstić information content (AvgIpc) is 3.95. The molecule has 2 aromatic heterocycles. The van der Waals surface area contributed by atoms with E-state index in [9.17, 15) is 24.0 Å². The zero-order valence-corrected chi connectivity index (χ0v) is 31.2. The molecule has 0 radical (unpaired) electrons. The van der Waals surface area contributed by atoms with Crippen LogP contribution in [0, 0.1) is 6.57 Å². The number of amides is 4. The number of imide groups is 2. The molecule has 2 atom stereocenters. The van der Waals surface area contributed by atoms with E-state index in [1.807, 2.05) is 16.8 Å². The Morgan fingerprint density at radius 2 is 1.89 bits per heavy atom. The zero-order chi connectivity index (χ0) is 39.1. The van der Waals surface area contributed by atoms with E-state index >= 15 is 0 Å². The number of piperidine rings is 1. The monoisotopic (exact) mass is 755 g/mol. The van der Waals surface area contributed by atoms with Crippen LogP contribution in [-0.2, 0) is 16.0 Å². The van der Waals surface area contributed by atoms with E-state index < -0.39 is 29.7 Å². The summed E-state index contributed by atoms with van der Waals surface area (Å²) < 4.78 is 7.72. The highest BCUT2D eigenvalue weighted by Crippen LogP contribution is 2.46. The molecule has 286 valence electrons. The molecule has 15 heteroatoms. The summed E-state index contributed by atoms with van der Waals surface area (Å²) in [6, 6.07) is 9.52. The molecule has 2 fully saturated rings. The largest absolute Gasteiger partial charge is 0.496 e. The summed E-state index contributed by atoms with van der Waals surface area (Å²) in [5.74, 6) is 0.0870. The Morgan fingerprint density at radius 1 is 1.07 bits per heavy atom. The smallest absolute Gasteiger partial charge is 0.293 e. The Bertz CT molecular complexity index is 2320. The Labute approximate surface area is 323 Å². The number of hydrogen-bond acceptors (Lipinski definition) is 11. The van der Waals surface area contributed by atoms with Crippen LogP contribution in [0.25, 0.3) is 10.5 Å². The first-order valence-electron chi connectivity index (χ1n) is 19.1. The van der Waals surface area contributed by atoms with E-state index in [-0.39, 0.29) is 42.2 Å². The van der Waals surface area contributed by atoms with Gasteiger partial charge in [0, 0.05) is 48.7 Å². The van der Waals surface area contributed by atoms with Crippen molar-refractivity contribution in [2.75, 3.05) is 23.9 Å². The molecule has 4 aromatic rings.